The molecule has 4 aromatic rings. The highest BCUT2D eigenvalue weighted by atomic mass is 35.5. The third kappa shape index (κ3) is 7.85. The van der Waals surface area contributed by atoms with E-state index in [1.165, 1.54) is 18.9 Å². The largest absolute Gasteiger partial charge is 0.455 e. The summed E-state index contributed by atoms with van der Waals surface area (Å²) in [6, 6.07) is 13.1. The number of nitrogens with zero attached hydrogens (tertiary/aromatic N) is 5. The molecule has 62 heavy (non-hydrogen) atoms. The Balaban J connectivity index is 0.846. The van der Waals surface area contributed by atoms with E-state index in [9.17, 15) is 23.3 Å². The molecule has 0 atom stereocenters. The quantitative estimate of drug-likeness (QED) is 0.0429. The number of allylic oxidation sites excluding steroid dienone is 1. The van der Waals surface area contributed by atoms with Crippen LogP contribution in [-0.2, 0) is 16.3 Å². The topological polar surface area (TPSA) is 142 Å². The van der Waals surface area contributed by atoms with Crippen molar-refractivity contribution in [2.45, 2.75) is 87.8 Å². The number of carbonyl (C=O) groups excluding carboxylic acids is 1. The molecule has 2 saturated heterocycles. The summed E-state index contributed by atoms with van der Waals surface area (Å²) in [5.41, 5.74) is 6.37. The number of piperazine rings is 1. The molecule has 2 bridgehead atoms. The minimum atomic E-state index is -4.26. The Bertz CT molecular complexity index is 2580. The highest BCUT2D eigenvalue weighted by molar-refractivity contribution is 7.92. The lowest BCUT2D eigenvalue weighted by molar-refractivity contribution is -0.385. The number of ether oxygens (including phenoxy) is 1. The van der Waals surface area contributed by atoms with Crippen molar-refractivity contribution in [2.24, 2.45) is 22.2 Å². The molecule has 2 aromatic heterocycles. The summed E-state index contributed by atoms with van der Waals surface area (Å²) >= 11 is 6.75. The summed E-state index contributed by atoms with van der Waals surface area (Å²) in [6.07, 6.45) is 13.9. The van der Waals surface area contributed by atoms with Gasteiger partial charge in [-0.3, -0.25) is 19.8 Å². The predicted molar refractivity (Wildman–Crippen MR) is 241 cm³/mol. The number of H-pyrrole nitrogens is 1. The lowest BCUT2D eigenvalue weighted by Crippen LogP contribution is -2.65. The molecule has 2 aromatic carbocycles. The Morgan fingerprint density at radius 1 is 1.03 bits per heavy atom. The number of likely N-dealkylation sites (tertiary alicyclic amines) is 1. The van der Waals surface area contributed by atoms with Crippen LogP contribution in [0.5, 0.6) is 11.5 Å². The van der Waals surface area contributed by atoms with E-state index in [0.717, 1.165) is 108 Å². The Labute approximate surface area is 369 Å². The molecule has 11 rings (SSSR count). The number of rotatable bonds is 14. The molecule has 328 valence electrons. The molecule has 4 heterocycles. The van der Waals surface area contributed by atoms with E-state index in [-0.39, 0.29) is 26.8 Å². The SMILES string of the molecule is CN1CC2(CC(CCc3ccc(S(=O)(=O)CC(=O)c4ccc(N5CCN(CC6=C(C78CC(Cl)(C7)C8)CC(C)(C)CC6)CC5)cc4Oc4cnc5[nH]ccc5c4)cc3[N+](=O)[O-])C2)C1. The van der Waals surface area contributed by atoms with Gasteiger partial charge in [-0.05, 0) is 124 Å². The van der Waals surface area contributed by atoms with Crippen LogP contribution in [0.2, 0.25) is 0 Å². The summed E-state index contributed by atoms with van der Waals surface area (Å²) in [5, 5.41) is 13.0. The first-order chi connectivity index (χ1) is 29.5. The molecule has 0 amide bonds. The first-order valence-electron chi connectivity index (χ1n) is 22.3. The van der Waals surface area contributed by atoms with Crippen LogP contribution in [-0.4, -0.2) is 102 Å². The van der Waals surface area contributed by atoms with E-state index >= 15 is 0 Å². The minimum Gasteiger partial charge on any atom is -0.455 e. The molecule has 14 heteroatoms. The van der Waals surface area contributed by atoms with Crippen LogP contribution in [0.25, 0.3) is 11.0 Å². The van der Waals surface area contributed by atoms with E-state index < -0.39 is 26.3 Å². The fourth-order valence-electron chi connectivity index (χ4n) is 12.2. The van der Waals surface area contributed by atoms with Gasteiger partial charge in [0.2, 0.25) is 0 Å². The fourth-order valence-corrected chi connectivity index (χ4v) is 14.2. The number of carbonyl (C=O) groups is 1. The summed E-state index contributed by atoms with van der Waals surface area (Å²) in [5.74, 6) is -0.381. The van der Waals surface area contributed by atoms with Gasteiger partial charge in [0.25, 0.3) is 5.69 Å². The van der Waals surface area contributed by atoms with Crippen molar-refractivity contribution in [3.8, 4) is 11.5 Å². The second-order valence-corrected chi connectivity index (χ2v) is 23.5. The second-order valence-electron chi connectivity index (χ2n) is 20.7. The maximum Gasteiger partial charge on any atom is 0.273 e. The Hall–Kier alpha value is -4.30. The molecule has 1 spiro atoms. The number of halogens is 1. The van der Waals surface area contributed by atoms with E-state index in [1.54, 1.807) is 35.7 Å². The van der Waals surface area contributed by atoms with E-state index in [2.05, 4.69) is 45.6 Å². The number of hydrogen-bond acceptors (Lipinski definition) is 10. The number of anilines is 1. The number of benzene rings is 2. The molecule has 2 aliphatic heterocycles. The summed E-state index contributed by atoms with van der Waals surface area (Å²) in [6.45, 7) is 11.4. The van der Waals surface area contributed by atoms with Crippen LogP contribution in [0.15, 0.2) is 77.0 Å². The number of nitro groups is 1. The number of nitro benzene ring substituents is 1. The molecule has 0 radical (unpaired) electrons. The number of alkyl halides is 1. The number of pyridine rings is 1. The molecule has 6 fully saturated rings. The van der Waals surface area contributed by atoms with Gasteiger partial charge < -0.3 is 19.5 Å². The number of aryl methyl sites for hydroxylation is 1. The normalized spacial score (nSPS) is 25.8. The summed E-state index contributed by atoms with van der Waals surface area (Å²) < 4.78 is 34.1. The number of Topliss-reactive ketones (excluding diaryl/α,β-unsaturated/α-hetero) is 1. The van der Waals surface area contributed by atoms with Gasteiger partial charge in [0.15, 0.2) is 15.6 Å². The maximum atomic E-state index is 14.1. The van der Waals surface area contributed by atoms with Crippen LogP contribution >= 0.6 is 11.6 Å². The Kier molecular flexibility index (Phi) is 10.2. The number of sulfone groups is 1. The van der Waals surface area contributed by atoms with Crippen molar-refractivity contribution in [3.63, 3.8) is 0 Å². The first kappa shape index (κ1) is 41.7. The highest BCUT2D eigenvalue weighted by Crippen LogP contribution is 2.75. The standard InChI is InChI=1S/C48H57ClN6O6S/c1-45(2)12-10-35(40(23-45)47-27-48(49,28-47)29-47)25-53-14-16-54(17-15-53)36-7-9-39(43(19-36)61-37-18-34-11-13-50-44(34)51-24-37)42(56)26-62(59,60)38-8-6-33(41(20-38)55(57)58)5-4-32-21-46(22-32)30-52(3)31-46/h6-9,11,13,18-20,24,32H,4-5,10,12,14-17,21-23,25-31H2,1-3H3,(H,50,51). The number of hydrogen-bond donors (Lipinski definition) is 1. The zero-order chi connectivity index (χ0) is 43.2. The van der Waals surface area contributed by atoms with Crippen LogP contribution in [0.4, 0.5) is 11.4 Å². The number of aromatic amines is 1. The zero-order valence-corrected chi connectivity index (χ0v) is 37.6. The number of fused-ring (bicyclic) bond motifs is 1. The molecule has 4 saturated carbocycles. The van der Waals surface area contributed by atoms with E-state index in [0.29, 0.717) is 45.5 Å². The van der Waals surface area contributed by atoms with Gasteiger partial charge in [0, 0.05) is 85.7 Å². The highest BCUT2D eigenvalue weighted by Gasteiger charge is 2.69. The van der Waals surface area contributed by atoms with Crippen molar-refractivity contribution < 1.29 is 22.9 Å². The molecular weight excluding hydrogens is 824 g/mol. The molecule has 0 unspecified atom stereocenters. The van der Waals surface area contributed by atoms with Gasteiger partial charge in [0.05, 0.1) is 21.6 Å². The van der Waals surface area contributed by atoms with Crippen LogP contribution in [0.3, 0.4) is 0 Å². The number of ketones is 1. The first-order valence-corrected chi connectivity index (χ1v) is 24.4. The van der Waals surface area contributed by atoms with E-state index in [4.69, 9.17) is 16.3 Å². The Morgan fingerprint density at radius 2 is 1.79 bits per heavy atom. The van der Waals surface area contributed by atoms with Crippen LogP contribution in [0.1, 0.15) is 87.6 Å². The molecule has 1 N–H and O–H groups in total. The van der Waals surface area contributed by atoms with Gasteiger partial charge in [0.1, 0.15) is 22.9 Å². The average molecular weight is 882 g/mol. The van der Waals surface area contributed by atoms with Gasteiger partial charge >= 0.3 is 0 Å². The van der Waals surface area contributed by atoms with Crippen LogP contribution in [0, 0.1) is 32.3 Å². The monoisotopic (exact) mass is 880 g/mol. The van der Waals surface area contributed by atoms with Crippen molar-refractivity contribution in [1.29, 1.82) is 0 Å². The fraction of sp³-hybridized carbons (Fsp3) is 0.542. The zero-order valence-electron chi connectivity index (χ0n) is 36.1. The van der Waals surface area contributed by atoms with Crippen molar-refractivity contribution >= 4 is 49.6 Å². The predicted octanol–water partition coefficient (Wildman–Crippen LogP) is 8.98. The van der Waals surface area contributed by atoms with Crippen molar-refractivity contribution in [1.82, 2.24) is 19.8 Å². The lowest BCUT2D eigenvalue weighted by atomic mass is 9.39. The van der Waals surface area contributed by atoms with Gasteiger partial charge in [-0.1, -0.05) is 31.1 Å². The van der Waals surface area contributed by atoms with Crippen molar-refractivity contribution in [3.05, 3.63) is 93.3 Å². The van der Waals surface area contributed by atoms with E-state index in [1.807, 2.05) is 24.3 Å². The van der Waals surface area contributed by atoms with Crippen LogP contribution < -0.4 is 9.64 Å². The summed E-state index contributed by atoms with van der Waals surface area (Å²) in [7, 11) is -2.13. The third-order valence-electron chi connectivity index (χ3n) is 15.2. The third-order valence-corrected chi connectivity index (χ3v) is 17.2. The lowest BCUT2D eigenvalue weighted by Gasteiger charge is -2.70. The molecular formula is C48H57ClN6O6S. The molecule has 7 aliphatic rings. The van der Waals surface area contributed by atoms with Gasteiger partial charge in [-0.15, -0.1) is 11.6 Å². The minimum absolute atomic E-state index is 0.0505. The molecule has 12 nitrogen and oxygen atoms in total. The van der Waals surface area contributed by atoms with Gasteiger partial charge in [-0.2, -0.15) is 0 Å². The second kappa shape index (κ2) is 15.2. The summed E-state index contributed by atoms with van der Waals surface area (Å²) in [4.78, 5) is 40.3. The smallest absolute Gasteiger partial charge is 0.273 e. The number of aromatic nitrogens is 2. The Morgan fingerprint density at radius 3 is 2.50 bits per heavy atom. The number of nitrogens with one attached hydrogen (secondary N) is 1. The van der Waals surface area contributed by atoms with Crippen molar-refractivity contribution in [2.75, 3.05) is 63.5 Å². The molecule has 5 aliphatic carbocycles. The average Bonchev–Trinajstić information content (AvgIpc) is 3.65. The van der Waals surface area contributed by atoms with Gasteiger partial charge in [-0.25, -0.2) is 13.4 Å². The maximum absolute atomic E-state index is 14.1.